The number of benzene rings is 2. The first-order valence-electron chi connectivity index (χ1n) is 12.1. The number of piperidine rings is 1. The molecule has 1 saturated heterocycles. The topological polar surface area (TPSA) is 34.6 Å². The zero-order chi connectivity index (χ0) is 22.8. The van der Waals surface area contributed by atoms with Crippen molar-refractivity contribution >= 4 is 0 Å². The van der Waals surface area contributed by atoms with E-state index in [4.69, 9.17) is 14.5 Å². The van der Waals surface area contributed by atoms with Gasteiger partial charge >= 0.3 is 0 Å². The molecule has 0 amide bonds. The van der Waals surface area contributed by atoms with Crippen molar-refractivity contribution in [2.45, 2.75) is 57.6 Å². The minimum absolute atomic E-state index is 0.0818. The quantitative estimate of drug-likeness (QED) is 0.485. The maximum Gasteiger partial charge on any atom is 0.123 e. The van der Waals surface area contributed by atoms with E-state index in [0.29, 0.717) is 5.92 Å². The van der Waals surface area contributed by atoms with Gasteiger partial charge in [-0.15, -0.1) is 0 Å². The third kappa shape index (κ3) is 5.22. The van der Waals surface area contributed by atoms with Gasteiger partial charge in [-0.1, -0.05) is 30.3 Å². The van der Waals surface area contributed by atoms with Crippen molar-refractivity contribution in [1.29, 1.82) is 0 Å². The second kappa shape index (κ2) is 9.18. The lowest BCUT2D eigenvalue weighted by atomic mass is 9.93. The van der Waals surface area contributed by atoms with Gasteiger partial charge in [0.15, 0.2) is 0 Å². The number of rotatable bonds is 6. The van der Waals surface area contributed by atoms with Crippen molar-refractivity contribution in [3.05, 3.63) is 88.7 Å². The number of pyridine rings is 1. The zero-order valence-corrected chi connectivity index (χ0v) is 20.0. The molecule has 3 heterocycles. The predicted octanol–water partition coefficient (Wildman–Crippen LogP) is 5.77. The lowest BCUT2D eigenvalue weighted by Gasteiger charge is -2.32. The van der Waals surface area contributed by atoms with Crippen molar-refractivity contribution in [3.8, 4) is 11.5 Å². The average Bonchev–Trinajstić information content (AvgIpc) is 3.13. The van der Waals surface area contributed by atoms with E-state index in [1.807, 2.05) is 12.1 Å². The number of nitrogens with zero attached hydrogens (tertiary/aromatic N) is 2. The van der Waals surface area contributed by atoms with Gasteiger partial charge in [-0.25, -0.2) is 0 Å². The Hall–Kier alpha value is -2.85. The van der Waals surface area contributed by atoms with E-state index in [0.717, 1.165) is 44.0 Å². The summed E-state index contributed by atoms with van der Waals surface area (Å²) in [6.45, 7) is 7.55. The van der Waals surface area contributed by atoms with Gasteiger partial charge in [0.1, 0.15) is 17.1 Å². The maximum atomic E-state index is 6.04. The molecule has 0 bridgehead atoms. The first-order valence-corrected chi connectivity index (χ1v) is 12.1. The van der Waals surface area contributed by atoms with Crippen molar-refractivity contribution in [3.63, 3.8) is 0 Å². The number of hydrogen-bond donors (Lipinski definition) is 0. The molecular formula is C29H34N2O2. The summed E-state index contributed by atoms with van der Waals surface area (Å²) in [5.41, 5.74) is 6.36. The van der Waals surface area contributed by atoms with Crippen LogP contribution in [0.5, 0.6) is 11.5 Å². The summed E-state index contributed by atoms with van der Waals surface area (Å²) in [5.74, 6) is 2.46. The third-order valence-electron chi connectivity index (χ3n) is 6.85. The fourth-order valence-corrected chi connectivity index (χ4v) is 5.26. The SMILES string of the molecule is COc1cccc(Cc2ccc([C@@H]3CCCN(Cc4ccc5c(c4)CC(C)(C)O5)C3)nc2)c1. The number of likely N-dealkylation sites (tertiary alicyclic amines) is 1. The van der Waals surface area contributed by atoms with Crippen LogP contribution in [0.15, 0.2) is 60.8 Å². The Morgan fingerprint density at radius 2 is 1.94 bits per heavy atom. The van der Waals surface area contributed by atoms with Crippen LogP contribution in [0.3, 0.4) is 0 Å². The van der Waals surface area contributed by atoms with E-state index in [1.54, 1.807) is 7.11 Å². The second-order valence-corrected chi connectivity index (χ2v) is 10.2. The van der Waals surface area contributed by atoms with Crippen LogP contribution in [-0.2, 0) is 19.4 Å². The monoisotopic (exact) mass is 442 g/mol. The Balaban J connectivity index is 1.21. The molecule has 172 valence electrons. The van der Waals surface area contributed by atoms with E-state index in [-0.39, 0.29) is 5.60 Å². The molecular weight excluding hydrogens is 408 g/mol. The minimum Gasteiger partial charge on any atom is -0.497 e. The minimum atomic E-state index is -0.0818. The van der Waals surface area contributed by atoms with Crippen LogP contribution in [0.25, 0.3) is 0 Å². The molecule has 0 saturated carbocycles. The van der Waals surface area contributed by atoms with Gasteiger partial charge in [0, 0.05) is 37.3 Å². The highest BCUT2D eigenvalue weighted by atomic mass is 16.5. The summed E-state index contributed by atoms with van der Waals surface area (Å²) in [5, 5.41) is 0. The largest absolute Gasteiger partial charge is 0.497 e. The summed E-state index contributed by atoms with van der Waals surface area (Å²) in [7, 11) is 1.71. The molecule has 0 radical (unpaired) electrons. The Morgan fingerprint density at radius 3 is 2.76 bits per heavy atom. The Morgan fingerprint density at radius 1 is 1.06 bits per heavy atom. The molecule has 5 rings (SSSR count). The van der Waals surface area contributed by atoms with Crippen molar-refractivity contribution < 1.29 is 9.47 Å². The highest BCUT2D eigenvalue weighted by Gasteiger charge is 2.30. The lowest BCUT2D eigenvalue weighted by molar-refractivity contribution is 0.138. The van der Waals surface area contributed by atoms with E-state index in [2.05, 4.69) is 67.4 Å². The number of hydrogen-bond acceptors (Lipinski definition) is 4. The zero-order valence-electron chi connectivity index (χ0n) is 20.0. The summed E-state index contributed by atoms with van der Waals surface area (Å²) in [4.78, 5) is 7.46. The number of methoxy groups -OCH3 is 1. The average molecular weight is 443 g/mol. The number of ether oxygens (including phenoxy) is 2. The molecule has 0 aliphatic carbocycles. The number of aromatic nitrogens is 1. The Bertz CT molecular complexity index is 1110. The van der Waals surface area contributed by atoms with Crippen LogP contribution in [0.4, 0.5) is 0 Å². The van der Waals surface area contributed by atoms with E-state index >= 15 is 0 Å². The van der Waals surface area contributed by atoms with Crippen LogP contribution >= 0.6 is 0 Å². The fourth-order valence-electron chi connectivity index (χ4n) is 5.26. The molecule has 33 heavy (non-hydrogen) atoms. The summed E-state index contributed by atoms with van der Waals surface area (Å²) in [6.07, 6.45) is 6.35. The van der Waals surface area contributed by atoms with E-state index < -0.39 is 0 Å². The van der Waals surface area contributed by atoms with Crippen molar-refractivity contribution in [2.75, 3.05) is 20.2 Å². The first-order chi connectivity index (χ1) is 16.0. The summed E-state index contributed by atoms with van der Waals surface area (Å²) >= 11 is 0. The predicted molar refractivity (Wildman–Crippen MR) is 132 cm³/mol. The van der Waals surface area contributed by atoms with Gasteiger partial charge in [-0.05, 0) is 86.2 Å². The third-order valence-corrected chi connectivity index (χ3v) is 6.85. The molecule has 1 fully saturated rings. The molecule has 2 aliphatic heterocycles. The van der Waals surface area contributed by atoms with Gasteiger partial charge in [0.2, 0.25) is 0 Å². The molecule has 4 nitrogen and oxygen atoms in total. The molecule has 0 unspecified atom stereocenters. The molecule has 0 N–H and O–H groups in total. The summed E-state index contributed by atoms with van der Waals surface area (Å²) in [6, 6.07) is 19.5. The van der Waals surface area contributed by atoms with Crippen molar-refractivity contribution in [1.82, 2.24) is 9.88 Å². The first kappa shape index (κ1) is 22.0. The highest BCUT2D eigenvalue weighted by molar-refractivity contribution is 5.42. The number of fused-ring (bicyclic) bond motifs is 1. The molecule has 0 spiro atoms. The molecule has 1 aromatic heterocycles. The summed E-state index contributed by atoms with van der Waals surface area (Å²) < 4.78 is 11.4. The van der Waals surface area contributed by atoms with E-state index in [1.165, 1.54) is 40.8 Å². The molecule has 2 aliphatic rings. The standard InChI is InChI=1S/C29H34N2O2/c1-29(2)17-25-15-23(10-12-28(25)33-29)19-31-13-5-7-24(20-31)27-11-9-22(18-30-27)14-21-6-4-8-26(16-21)32-3/h4,6,8-12,15-16,18,24H,5,7,13-14,17,19-20H2,1-3H3/t24-/m1/s1. The van der Waals surface area contributed by atoms with Gasteiger partial charge in [-0.2, -0.15) is 0 Å². The van der Waals surface area contributed by atoms with Crippen LogP contribution in [-0.4, -0.2) is 35.7 Å². The van der Waals surface area contributed by atoms with E-state index in [9.17, 15) is 0 Å². The normalized spacial score (nSPS) is 19.7. The Kier molecular flexibility index (Phi) is 6.11. The Labute approximate surface area is 197 Å². The lowest BCUT2D eigenvalue weighted by Crippen LogP contribution is -2.34. The highest BCUT2D eigenvalue weighted by Crippen LogP contribution is 2.36. The van der Waals surface area contributed by atoms with Crippen molar-refractivity contribution in [2.24, 2.45) is 0 Å². The molecule has 3 aromatic rings. The van der Waals surface area contributed by atoms with Gasteiger partial charge in [0.05, 0.1) is 7.11 Å². The van der Waals surface area contributed by atoms with Crippen LogP contribution < -0.4 is 9.47 Å². The smallest absolute Gasteiger partial charge is 0.123 e. The maximum absolute atomic E-state index is 6.04. The fraction of sp³-hybridized carbons (Fsp3) is 0.414. The molecule has 2 aromatic carbocycles. The van der Waals surface area contributed by atoms with Gasteiger partial charge < -0.3 is 9.47 Å². The van der Waals surface area contributed by atoms with Crippen LogP contribution in [0, 0.1) is 0 Å². The second-order valence-electron chi connectivity index (χ2n) is 10.2. The molecule has 4 heteroatoms. The van der Waals surface area contributed by atoms with Gasteiger partial charge in [0.25, 0.3) is 0 Å². The van der Waals surface area contributed by atoms with Crippen LogP contribution in [0.2, 0.25) is 0 Å². The molecule has 1 atom stereocenters. The van der Waals surface area contributed by atoms with Crippen LogP contribution in [0.1, 0.15) is 60.6 Å². The van der Waals surface area contributed by atoms with Gasteiger partial charge in [-0.3, -0.25) is 9.88 Å².